The van der Waals surface area contributed by atoms with E-state index in [1.807, 2.05) is 42.7 Å². The van der Waals surface area contributed by atoms with Crippen molar-refractivity contribution in [3.63, 3.8) is 0 Å². The number of nitrogens with zero attached hydrogens (tertiary/aromatic N) is 6. The van der Waals surface area contributed by atoms with Crippen LogP contribution in [0, 0.1) is 6.92 Å². The molecule has 3 atom stereocenters. The van der Waals surface area contributed by atoms with Crippen LogP contribution in [0.25, 0.3) is 0 Å². The molecule has 63 heavy (non-hydrogen) atoms. The van der Waals surface area contributed by atoms with Gasteiger partial charge in [-0.15, -0.1) is 0 Å². The van der Waals surface area contributed by atoms with E-state index in [9.17, 15) is 0 Å². The molecule has 17 heteroatoms. The van der Waals surface area contributed by atoms with Gasteiger partial charge in [0.05, 0.1) is 47.1 Å². The highest BCUT2D eigenvalue weighted by Crippen LogP contribution is 2.27. The van der Waals surface area contributed by atoms with Gasteiger partial charge in [0.2, 0.25) is 17.8 Å². The lowest BCUT2D eigenvalue weighted by Crippen LogP contribution is -2.33. The topological polar surface area (TPSA) is 177 Å². The first-order valence-electron chi connectivity index (χ1n) is 21.2. The summed E-state index contributed by atoms with van der Waals surface area (Å²) in [5.41, 5.74) is 8.83. The minimum absolute atomic E-state index is 0.135. The Labute approximate surface area is 385 Å². The van der Waals surface area contributed by atoms with Crippen LogP contribution in [-0.4, -0.2) is 89.0 Å². The molecule has 6 heterocycles. The summed E-state index contributed by atoms with van der Waals surface area (Å²) >= 11 is 6.64. The molecule has 3 saturated heterocycles. The Morgan fingerprint density at radius 3 is 1.33 bits per heavy atom. The highest BCUT2D eigenvalue weighted by atomic mass is 79.9. The fourth-order valence-electron chi connectivity index (χ4n) is 6.90. The molecule has 3 aromatic carbocycles. The lowest BCUT2D eigenvalue weighted by molar-refractivity contribution is 0.0276. The summed E-state index contributed by atoms with van der Waals surface area (Å²) in [6.45, 7) is 11.9. The van der Waals surface area contributed by atoms with E-state index in [1.54, 1.807) is 24.8 Å². The molecule has 6 aromatic rings. The summed E-state index contributed by atoms with van der Waals surface area (Å²) in [6.07, 6.45) is 13.2. The Morgan fingerprint density at radius 2 is 0.937 bits per heavy atom. The first kappa shape index (κ1) is 46.0. The number of halogens is 2. The van der Waals surface area contributed by atoms with Gasteiger partial charge >= 0.3 is 0 Å². The third-order valence-electron chi connectivity index (χ3n) is 10.2. The second-order valence-corrected chi connectivity index (χ2v) is 16.8. The van der Waals surface area contributed by atoms with E-state index in [-0.39, 0.29) is 18.3 Å². The van der Waals surface area contributed by atoms with Crippen molar-refractivity contribution in [2.24, 2.45) is 0 Å². The van der Waals surface area contributed by atoms with Crippen LogP contribution in [0.4, 0.5) is 34.9 Å². The molecule has 3 aromatic heterocycles. The number of benzene rings is 3. The lowest BCUT2D eigenvalue weighted by atomic mass is 10.0. The Morgan fingerprint density at radius 1 is 0.540 bits per heavy atom. The molecule has 1 unspecified atom stereocenters. The Bertz CT molecular complexity index is 2260. The van der Waals surface area contributed by atoms with E-state index >= 15 is 0 Å². The van der Waals surface area contributed by atoms with Gasteiger partial charge in [-0.3, -0.25) is 0 Å². The second-order valence-electron chi connectivity index (χ2n) is 15.0. The van der Waals surface area contributed by atoms with E-state index in [0.29, 0.717) is 17.8 Å². The molecule has 3 aliphatic heterocycles. The predicted molar refractivity (Wildman–Crippen MR) is 254 cm³/mol. The van der Waals surface area contributed by atoms with Gasteiger partial charge in [-0.2, -0.15) is 0 Å². The molecule has 0 radical (unpaired) electrons. The van der Waals surface area contributed by atoms with Crippen LogP contribution in [0.1, 0.15) is 59.5 Å². The molecule has 0 aliphatic carbocycles. The third kappa shape index (κ3) is 14.5. The number of hydrogen-bond donors (Lipinski definition) is 6. The molecular weight excluding hydrogens is 928 g/mol. The fraction of sp³-hybridized carbons (Fsp3) is 0.348. The summed E-state index contributed by atoms with van der Waals surface area (Å²) in [4.78, 5) is 25.5. The number of morpholine rings is 3. The van der Waals surface area contributed by atoms with E-state index < -0.39 is 0 Å². The zero-order valence-corrected chi connectivity index (χ0v) is 38.7. The van der Waals surface area contributed by atoms with Crippen LogP contribution in [0.3, 0.4) is 0 Å². The molecule has 0 saturated carbocycles. The standard InChI is InChI=1S/C17H22N4O.C15H17BrN4O.C14H15BrN4O/c1-2-3-13-10-19-17(20-11-13)21-15-6-4-14(5-7-15)16-12-18-8-9-22-16;1-10-6-11(14-9-17-4-5-21-14)2-3-13(10)20-15-18-7-12(16)8-19-15;15-11-7-17-14(18-8-11)19-12-3-1-10(2-4-12)13-9-16-5-6-20-13/h4-7,10-11,16,18H,2-3,8-9,12H2,1H3,(H,19,20,21);2-3,6-8,14,17H,4-5,9H2,1H3,(H,18,19,20);1-4,7-8,13,16H,5-6,9H2,(H,17,18,19)/t16-;;13-/m0.0/s1. The van der Waals surface area contributed by atoms with Gasteiger partial charge in [0.25, 0.3) is 0 Å². The summed E-state index contributed by atoms with van der Waals surface area (Å²) in [5.74, 6) is 1.80. The van der Waals surface area contributed by atoms with E-state index in [0.717, 1.165) is 104 Å². The number of ether oxygens (including phenoxy) is 3. The second kappa shape index (κ2) is 24.2. The van der Waals surface area contributed by atoms with Crippen LogP contribution in [0.2, 0.25) is 0 Å². The first-order valence-corrected chi connectivity index (χ1v) is 22.8. The van der Waals surface area contributed by atoms with Crippen molar-refractivity contribution in [1.82, 2.24) is 45.9 Å². The maximum absolute atomic E-state index is 5.78. The largest absolute Gasteiger partial charge is 0.371 e. The van der Waals surface area contributed by atoms with Crippen LogP contribution in [-0.2, 0) is 20.6 Å². The van der Waals surface area contributed by atoms with Crippen molar-refractivity contribution in [2.45, 2.75) is 45.0 Å². The number of anilines is 6. The number of nitrogens with one attached hydrogen (secondary N) is 6. The Kier molecular flexibility index (Phi) is 17.7. The lowest BCUT2D eigenvalue weighted by Gasteiger charge is -2.24. The van der Waals surface area contributed by atoms with Crippen LogP contribution < -0.4 is 31.9 Å². The molecule has 0 amide bonds. The summed E-state index contributed by atoms with van der Waals surface area (Å²) < 4.78 is 19.0. The summed E-state index contributed by atoms with van der Waals surface area (Å²) in [7, 11) is 0. The van der Waals surface area contributed by atoms with Crippen molar-refractivity contribution in [2.75, 3.05) is 75.0 Å². The zero-order valence-electron chi connectivity index (χ0n) is 35.5. The molecule has 3 aliphatic rings. The average Bonchev–Trinajstić information content (AvgIpc) is 3.34. The molecule has 0 spiro atoms. The monoisotopic (exact) mass is 980 g/mol. The smallest absolute Gasteiger partial charge is 0.227 e. The van der Waals surface area contributed by atoms with Crippen LogP contribution in [0.15, 0.2) is 113 Å². The van der Waals surface area contributed by atoms with Crippen LogP contribution in [0.5, 0.6) is 0 Å². The van der Waals surface area contributed by atoms with Crippen molar-refractivity contribution in [3.8, 4) is 0 Å². The number of aromatic nitrogens is 6. The molecule has 3 fully saturated rings. The van der Waals surface area contributed by atoms with Gasteiger partial charge in [-0.1, -0.05) is 49.7 Å². The number of hydrogen-bond acceptors (Lipinski definition) is 15. The first-order chi connectivity index (χ1) is 30.9. The Balaban J connectivity index is 0.000000142. The van der Waals surface area contributed by atoms with Gasteiger partial charge in [0.1, 0.15) is 0 Å². The van der Waals surface area contributed by atoms with Crippen molar-refractivity contribution < 1.29 is 14.2 Å². The van der Waals surface area contributed by atoms with Gasteiger partial charge in [0.15, 0.2) is 0 Å². The fourth-order valence-corrected chi connectivity index (χ4v) is 7.31. The normalized spacial score (nSPS) is 18.4. The molecule has 6 N–H and O–H groups in total. The highest BCUT2D eigenvalue weighted by Gasteiger charge is 2.18. The van der Waals surface area contributed by atoms with Crippen molar-refractivity contribution in [3.05, 3.63) is 141 Å². The van der Waals surface area contributed by atoms with Gasteiger partial charge in [-0.05, 0) is 103 Å². The maximum atomic E-state index is 5.78. The summed E-state index contributed by atoms with van der Waals surface area (Å²) in [6, 6.07) is 22.7. The van der Waals surface area contributed by atoms with Gasteiger partial charge < -0.3 is 46.1 Å². The van der Waals surface area contributed by atoms with Gasteiger partial charge in [0, 0.05) is 93.5 Å². The van der Waals surface area contributed by atoms with Crippen molar-refractivity contribution >= 4 is 66.8 Å². The van der Waals surface area contributed by atoms with E-state index in [4.69, 9.17) is 14.2 Å². The maximum Gasteiger partial charge on any atom is 0.227 e. The molecule has 0 bridgehead atoms. The minimum Gasteiger partial charge on any atom is -0.371 e. The van der Waals surface area contributed by atoms with E-state index in [2.05, 4.69) is 144 Å². The van der Waals surface area contributed by atoms with E-state index in [1.165, 1.54) is 22.3 Å². The minimum atomic E-state index is 0.135. The zero-order chi connectivity index (χ0) is 43.6. The highest BCUT2D eigenvalue weighted by molar-refractivity contribution is 9.10. The van der Waals surface area contributed by atoms with Crippen molar-refractivity contribution in [1.29, 1.82) is 0 Å². The average molecular weight is 983 g/mol. The molecular formula is C46H54Br2N12O3. The van der Waals surface area contributed by atoms with Gasteiger partial charge in [-0.25, -0.2) is 29.9 Å². The molecule has 9 rings (SSSR count). The number of rotatable bonds is 11. The number of aryl methyl sites for hydroxylation is 2. The van der Waals surface area contributed by atoms with Crippen LogP contribution >= 0.6 is 31.9 Å². The molecule has 330 valence electrons. The predicted octanol–water partition coefficient (Wildman–Crippen LogP) is 8.43. The Hall–Kier alpha value is -4.98. The quantitative estimate of drug-likeness (QED) is 0.0729. The summed E-state index contributed by atoms with van der Waals surface area (Å²) in [5, 5.41) is 19.6. The molecule has 15 nitrogen and oxygen atoms in total. The third-order valence-corrected chi connectivity index (χ3v) is 11.0. The SMILES string of the molecule is Brc1cnc(Nc2ccc([C@@H]3CNCCO3)cc2)nc1.CCCc1cnc(Nc2ccc([C@@H]3CNCCO3)cc2)nc1.Cc1cc(C2CNCCO2)ccc1Nc1ncc(Br)cn1.